The average molecular weight is 162 g/mol. The molecular weight excluding hydrogens is 152 g/mol. The SMILES string of the molecule is CONc1cc(C#N)ccc1C. The van der Waals surface area contributed by atoms with Crippen LogP contribution in [0.3, 0.4) is 0 Å². The van der Waals surface area contributed by atoms with Crippen molar-refractivity contribution in [3.63, 3.8) is 0 Å². The van der Waals surface area contributed by atoms with E-state index in [1.807, 2.05) is 13.0 Å². The van der Waals surface area contributed by atoms with Gasteiger partial charge in [0.15, 0.2) is 0 Å². The Balaban J connectivity index is 3.01. The molecule has 0 aliphatic rings. The zero-order valence-electron chi connectivity index (χ0n) is 7.09. The zero-order chi connectivity index (χ0) is 8.97. The minimum Gasteiger partial charge on any atom is -0.279 e. The third kappa shape index (κ3) is 1.74. The second-order valence-corrected chi connectivity index (χ2v) is 2.45. The molecule has 3 nitrogen and oxygen atoms in total. The third-order valence-corrected chi connectivity index (χ3v) is 1.58. The molecule has 62 valence electrons. The summed E-state index contributed by atoms with van der Waals surface area (Å²) in [5.74, 6) is 0. The summed E-state index contributed by atoms with van der Waals surface area (Å²) < 4.78 is 0. The van der Waals surface area contributed by atoms with Crippen molar-refractivity contribution >= 4 is 5.69 Å². The molecule has 0 unspecified atom stereocenters. The van der Waals surface area contributed by atoms with Gasteiger partial charge < -0.3 is 0 Å². The maximum Gasteiger partial charge on any atom is 0.0992 e. The Morgan fingerprint density at radius 3 is 2.83 bits per heavy atom. The van der Waals surface area contributed by atoms with E-state index in [1.165, 1.54) is 0 Å². The fourth-order valence-corrected chi connectivity index (χ4v) is 0.911. The van der Waals surface area contributed by atoms with Crippen molar-refractivity contribution in [2.45, 2.75) is 6.92 Å². The lowest BCUT2D eigenvalue weighted by molar-refractivity contribution is 0.270. The second kappa shape index (κ2) is 3.74. The highest BCUT2D eigenvalue weighted by Crippen LogP contribution is 2.15. The fourth-order valence-electron chi connectivity index (χ4n) is 0.911. The molecular formula is C9H10N2O. The van der Waals surface area contributed by atoms with Crippen molar-refractivity contribution in [1.29, 1.82) is 5.26 Å². The molecule has 0 bridgehead atoms. The molecule has 0 amide bonds. The molecule has 1 N–H and O–H groups in total. The van der Waals surface area contributed by atoms with Gasteiger partial charge in [-0.15, -0.1) is 0 Å². The molecule has 0 atom stereocenters. The molecule has 0 aliphatic heterocycles. The monoisotopic (exact) mass is 162 g/mol. The summed E-state index contributed by atoms with van der Waals surface area (Å²) in [6.07, 6.45) is 0. The number of anilines is 1. The van der Waals surface area contributed by atoms with Crippen LogP contribution >= 0.6 is 0 Å². The van der Waals surface area contributed by atoms with Crippen molar-refractivity contribution < 1.29 is 4.84 Å². The maximum absolute atomic E-state index is 8.60. The topological polar surface area (TPSA) is 45.0 Å². The van der Waals surface area contributed by atoms with Crippen LogP contribution in [0, 0.1) is 18.3 Å². The van der Waals surface area contributed by atoms with Crippen LogP contribution in [0.5, 0.6) is 0 Å². The third-order valence-electron chi connectivity index (χ3n) is 1.58. The van der Waals surface area contributed by atoms with Gasteiger partial charge in [0.1, 0.15) is 0 Å². The van der Waals surface area contributed by atoms with Crippen molar-refractivity contribution in [3.05, 3.63) is 29.3 Å². The molecule has 0 heterocycles. The fraction of sp³-hybridized carbons (Fsp3) is 0.222. The van der Waals surface area contributed by atoms with Gasteiger partial charge in [0, 0.05) is 0 Å². The molecule has 12 heavy (non-hydrogen) atoms. The van der Waals surface area contributed by atoms with Gasteiger partial charge in [-0.25, -0.2) is 0 Å². The Bertz CT molecular complexity index is 315. The van der Waals surface area contributed by atoms with Crippen molar-refractivity contribution in [2.24, 2.45) is 0 Å². The van der Waals surface area contributed by atoms with E-state index in [1.54, 1.807) is 19.2 Å². The molecule has 1 rings (SSSR count). The highest BCUT2D eigenvalue weighted by atomic mass is 16.6. The first kappa shape index (κ1) is 8.57. The Morgan fingerprint density at radius 2 is 2.25 bits per heavy atom. The van der Waals surface area contributed by atoms with Crippen LogP contribution in [-0.4, -0.2) is 7.11 Å². The maximum atomic E-state index is 8.60. The largest absolute Gasteiger partial charge is 0.279 e. The van der Waals surface area contributed by atoms with E-state index in [0.29, 0.717) is 5.56 Å². The molecule has 1 aromatic rings. The Morgan fingerprint density at radius 1 is 1.50 bits per heavy atom. The van der Waals surface area contributed by atoms with Crippen molar-refractivity contribution in [3.8, 4) is 6.07 Å². The molecule has 0 radical (unpaired) electrons. The Hall–Kier alpha value is -1.53. The zero-order valence-corrected chi connectivity index (χ0v) is 7.09. The number of hydrogen-bond acceptors (Lipinski definition) is 3. The van der Waals surface area contributed by atoms with E-state index in [4.69, 9.17) is 10.1 Å². The number of nitrogens with one attached hydrogen (secondary N) is 1. The molecule has 0 spiro atoms. The van der Waals surface area contributed by atoms with Gasteiger partial charge in [0.25, 0.3) is 0 Å². The van der Waals surface area contributed by atoms with Crippen LogP contribution in [0.4, 0.5) is 5.69 Å². The highest BCUT2D eigenvalue weighted by Gasteiger charge is 1.97. The second-order valence-electron chi connectivity index (χ2n) is 2.45. The number of aryl methyl sites for hydroxylation is 1. The van der Waals surface area contributed by atoms with Crippen LogP contribution in [0.1, 0.15) is 11.1 Å². The van der Waals surface area contributed by atoms with E-state index in [9.17, 15) is 0 Å². The standard InChI is InChI=1S/C9H10N2O/c1-7-3-4-8(6-10)5-9(7)11-12-2/h3-5,11H,1-2H3. The highest BCUT2D eigenvalue weighted by molar-refractivity contribution is 5.53. The molecule has 1 aromatic carbocycles. The van der Waals surface area contributed by atoms with Crippen LogP contribution in [0.15, 0.2) is 18.2 Å². The van der Waals surface area contributed by atoms with Crippen LogP contribution in [-0.2, 0) is 4.84 Å². The summed E-state index contributed by atoms with van der Waals surface area (Å²) in [7, 11) is 1.54. The van der Waals surface area contributed by atoms with Gasteiger partial charge in [-0.3, -0.25) is 10.3 Å². The van der Waals surface area contributed by atoms with Crippen LogP contribution in [0.25, 0.3) is 0 Å². The minimum absolute atomic E-state index is 0.625. The van der Waals surface area contributed by atoms with E-state index in [0.717, 1.165) is 11.3 Å². The summed E-state index contributed by atoms with van der Waals surface area (Å²) in [5, 5.41) is 8.60. The van der Waals surface area contributed by atoms with Crippen molar-refractivity contribution in [1.82, 2.24) is 0 Å². The molecule has 0 fully saturated rings. The summed E-state index contributed by atoms with van der Waals surface area (Å²) >= 11 is 0. The number of hydrogen-bond donors (Lipinski definition) is 1. The summed E-state index contributed by atoms with van der Waals surface area (Å²) in [6, 6.07) is 7.46. The first-order chi connectivity index (χ1) is 5.77. The van der Waals surface area contributed by atoms with E-state index < -0.39 is 0 Å². The first-order valence-corrected chi connectivity index (χ1v) is 3.57. The molecule has 3 heteroatoms. The van der Waals surface area contributed by atoms with Gasteiger partial charge in [-0.05, 0) is 24.6 Å². The minimum atomic E-state index is 0.625. The normalized spacial score (nSPS) is 9.08. The molecule has 0 saturated heterocycles. The lowest BCUT2D eigenvalue weighted by atomic mass is 10.1. The van der Waals surface area contributed by atoms with Crippen LogP contribution in [0.2, 0.25) is 0 Å². The Labute approximate surface area is 71.5 Å². The number of nitrogens with zero attached hydrogens (tertiary/aromatic N) is 1. The lowest BCUT2D eigenvalue weighted by Crippen LogP contribution is -1.97. The lowest BCUT2D eigenvalue weighted by Gasteiger charge is -2.06. The number of benzene rings is 1. The van der Waals surface area contributed by atoms with E-state index >= 15 is 0 Å². The van der Waals surface area contributed by atoms with Gasteiger partial charge in [0.2, 0.25) is 0 Å². The molecule has 0 aliphatic carbocycles. The van der Waals surface area contributed by atoms with Gasteiger partial charge in [-0.2, -0.15) is 5.26 Å². The summed E-state index contributed by atoms with van der Waals surface area (Å²) in [4.78, 5) is 4.75. The Kier molecular flexibility index (Phi) is 2.67. The summed E-state index contributed by atoms with van der Waals surface area (Å²) in [6.45, 7) is 1.95. The molecule has 0 saturated carbocycles. The smallest absolute Gasteiger partial charge is 0.0992 e. The molecule has 0 aromatic heterocycles. The van der Waals surface area contributed by atoms with Gasteiger partial charge in [-0.1, -0.05) is 6.07 Å². The van der Waals surface area contributed by atoms with Crippen LogP contribution < -0.4 is 5.48 Å². The predicted octanol–water partition coefficient (Wildman–Crippen LogP) is 1.84. The summed E-state index contributed by atoms with van der Waals surface area (Å²) in [5.41, 5.74) is 5.21. The van der Waals surface area contributed by atoms with Gasteiger partial charge in [0.05, 0.1) is 24.4 Å². The quantitative estimate of drug-likeness (QED) is 0.675. The van der Waals surface area contributed by atoms with Gasteiger partial charge >= 0.3 is 0 Å². The predicted molar refractivity (Wildman–Crippen MR) is 46.5 cm³/mol. The average Bonchev–Trinajstić information content (AvgIpc) is 2.09. The number of rotatable bonds is 2. The van der Waals surface area contributed by atoms with Crippen molar-refractivity contribution in [2.75, 3.05) is 12.6 Å². The van der Waals surface area contributed by atoms with E-state index in [-0.39, 0.29) is 0 Å². The van der Waals surface area contributed by atoms with E-state index in [2.05, 4.69) is 11.5 Å². The first-order valence-electron chi connectivity index (χ1n) is 3.57. The number of nitriles is 1.